The Kier molecular flexibility index (Phi) is 3.26. The highest BCUT2D eigenvalue weighted by molar-refractivity contribution is 5.34. The Balaban J connectivity index is 1.63. The van der Waals surface area contributed by atoms with E-state index >= 15 is 0 Å². The summed E-state index contributed by atoms with van der Waals surface area (Å²) in [5.74, 6) is 2.09. The number of nitrogens with zero attached hydrogens (tertiary/aromatic N) is 5. The van der Waals surface area contributed by atoms with Crippen LogP contribution in [0.4, 0.5) is 11.9 Å². The zero-order valence-corrected chi connectivity index (χ0v) is 10.7. The van der Waals surface area contributed by atoms with Crippen LogP contribution >= 0.6 is 0 Å². The van der Waals surface area contributed by atoms with Gasteiger partial charge >= 0.3 is 0 Å². The van der Waals surface area contributed by atoms with Crippen LogP contribution in [0.25, 0.3) is 5.95 Å². The lowest BCUT2D eigenvalue weighted by molar-refractivity contribution is 0.684. The topological polar surface area (TPSA) is 94.5 Å². The third-order valence-electron chi connectivity index (χ3n) is 3.12. The molecule has 0 aliphatic heterocycles. The van der Waals surface area contributed by atoms with Gasteiger partial charge in [-0.15, -0.1) is 0 Å². The molecule has 3 rings (SSSR count). The molecule has 7 nitrogen and oxygen atoms in total. The van der Waals surface area contributed by atoms with E-state index in [1.165, 1.54) is 19.3 Å². The number of aromatic nitrogens is 5. The van der Waals surface area contributed by atoms with Crippen molar-refractivity contribution >= 4 is 11.9 Å². The van der Waals surface area contributed by atoms with Crippen molar-refractivity contribution in [3.05, 3.63) is 18.5 Å². The van der Waals surface area contributed by atoms with Gasteiger partial charge in [-0.2, -0.15) is 20.1 Å². The molecule has 2 heterocycles. The molecule has 2 aromatic rings. The van der Waals surface area contributed by atoms with Crippen molar-refractivity contribution in [1.29, 1.82) is 0 Å². The van der Waals surface area contributed by atoms with E-state index in [9.17, 15) is 0 Å². The summed E-state index contributed by atoms with van der Waals surface area (Å²) in [7, 11) is 0. The molecule has 0 bridgehead atoms. The smallest absolute Gasteiger partial charge is 0.257 e. The molecular weight excluding hydrogens is 242 g/mol. The van der Waals surface area contributed by atoms with Crippen LogP contribution in [-0.4, -0.2) is 31.3 Å². The van der Waals surface area contributed by atoms with E-state index in [0.29, 0.717) is 11.9 Å². The van der Waals surface area contributed by atoms with Gasteiger partial charge in [0.1, 0.15) is 0 Å². The fourth-order valence-electron chi connectivity index (χ4n) is 1.95. The summed E-state index contributed by atoms with van der Waals surface area (Å²) in [6.45, 7) is 0.860. The lowest BCUT2D eigenvalue weighted by Gasteiger charge is -2.06. The first-order valence-electron chi connectivity index (χ1n) is 6.57. The number of anilines is 2. The summed E-state index contributed by atoms with van der Waals surface area (Å²) >= 11 is 0. The zero-order chi connectivity index (χ0) is 13.1. The molecule has 0 aromatic carbocycles. The molecule has 0 amide bonds. The molecule has 0 atom stereocenters. The first-order chi connectivity index (χ1) is 9.31. The fourth-order valence-corrected chi connectivity index (χ4v) is 1.95. The number of hydrogen-bond acceptors (Lipinski definition) is 6. The molecule has 1 fully saturated rings. The molecule has 1 aliphatic rings. The Hall–Kier alpha value is -2.18. The molecule has 1 aliphatic carbocycles. The highest BCUT2D eigenvalue weighted by Crippen LogP contribution is 2.33. The summed E-state index contributed by atoms with van der Waals surface area (Å²) < 4.78 is 1.56. The summed E-state index contributed by atoms with van der Waals surface area (Å²) in [6, 6.07) is 1.81. The Morgan fingerprint density at radius 3 is 2.95 bits per heavy atom. The van der Waals surface area contributed by atoms with E-state index in [1.54, 1.807) is 17.1 Å². The summed E-state index contributed by atoms with van der Waals surface area (Å²) in [5, 5.41) is 7.26. The van der Waals surface area contributed by atoms with E-state index < -0.39 is 0 Å². The Morgan fingerprint density at radius 2 is 2.21 bits per heavy atom. The molecule has 0 radical (unpaired) electrons. The van der Waals surface area contributed by atoms with Crippen molar-refractivity contribution in [2.24, 2.45) is 5.92 Å². The highest BCUT2D eigenvalue weighted by Gasteiger charge is 2.20. The van der Waals surface area contributed by atoms with Gasteiger partial charge in [-0.05, 0) is 24.8 Å². The summed E-state index contributed by atoms with van der Waals surface area (Å²) in [4.78, 5) is 12.4. The predicted octanol–water partition coefficient (Wildman–Crippen LogP) is 1.24. The SMILES string of the molecule is Nc1nc(NCCCC2CC2)nc(-n2cccn2)n1. The van der Waals surface area contributed by atoms with Crippen LogP contribution < -0.4 is 11.1 Å². The van der Waals surface area contributed by atoms with Crippen LogP contribution in [0, 0.1) is 5.92 Å². The lowest BCUT2D eigenvalue weighted by Crippen LogP contribution is -2.12. The number of nitrogen functional groups attached to an aromatic ring is 1. The molecule has 7 heteroatoms. The van der Waals surface area contributed by atoms with E-state index in [-0.39, 0.29) is 5.95 Å². The standard InChI is InChI=1S/C12H17N7/c13-10-16-11(14-6-1-3-9-4-5-9)18-12(17-10)19-8-2-7-15-19/h2,7-9H,1,3-6H2,(H3,13,14,16,17,18). The third kappa shape index (κ3) is 3.18. The van der Waals surface area contributed by atoms with Crippen LogP contribution in [0.3, 0.4) is 0 Å². The second kappa shape index (κ2) is 5.21. The van der Waals surface area contributed by atoms with Crippen molar-refractivity contribution in [2.75, 3.05) is 17.6 Å². The van der Waals surface area contributed by atoms with Gasteiger partial charge in [0.05, 0.1) is 0 Å². The molecule has 0 spiro atoms. The van der Waals surface area contributed by atoms with E-state index in [2.05, 4.69) is 25.4 Å². The van der Waals surface area contributed by atoms with Crippen molar-refractivity contribution in [2.45, 2.75) is 25.7 Å². The first-order valence-corrected chi connectivity index (χ1v) is 6.57. The average molecular weight is 259 g/mol. The minimum absolute atomic E-state index is 0.199. The second-order valence-electron chi connectivity index (χ2n) is 4.78. The minimum atomic E-state index is 0.199. The summed E-state index contributed by atoms with van der Waals surface area (Å²) in [6.07, 6.45) is 8.63. The van der Waals surface area contributed by atoms with Crippen molar-refractivity contribution in [3.63, 3.8) is 0 Å². The lowest BCUT2D eigenvalue weighted by atomic mass is 10.2. The molecule has 0 saturated heterocycles. The van der Waals surface area contributed by atoms with Gasteiger partial charge in [0.2, 0.25) is 11.9 Å². The molecule has 100 valence electrons. The molecule has 2 aromatic heterocycles. The minimum Gasteiger partial charge on any atom is -0.368 e. The van der Waals surface area contributed by atoms with Gasteiger partial charge in [-0.25, -0.2) is 4.68 Å². The summed E-state index contributed by atoms with van der Waals surface area (Å²) in [5.41, 5.74) is 5.68. The van der Waals surface area contributed by atoms with Crippen molar-refractivity contribution in [1.82, 2.24) is 24.7 Å². The third-order valence-corrected chi connectivity index (χ3v) is 3.12. The van der Waals surface area contributed by atoms with Crippen LogP contribution in [0.1, 0.15) is 25.7 Å². The molecule has 1 saturated carbocycles. The first kappa shape index (κ1) is 11.9. The number of nitrogens with two attached hydrogens (primary N) is 1. The monoisotopic (exact) mass is 259 g/mol. The number of hydrogen-bond donors (Lipinski definition) is 2. The molecular formula is C12H17N7. The van der Waals surface area contributed by atoms with Crippen LogP contribution in [-0.2, 0) is 0 Å². The predicted molar refractivity (Wildman–Crippen MR) is 71.8 cm³/mol. The maximum Gasteiger partial charge on any atom is 0.257 e. The van der Waals surface area contributed by atoms with Gasteiger partial charge in [0, 0.05) is 18.9 Å². The average Bonchev–Trinajstić information content (AvgIpc) is 3.05. The number of rotatable bonds is 6. The van der Waals surface area contributed by atoms with E-state index in [4.69, 9.17) is 5.73 Å². The van der Waals surface area contributed by atoms with Gasteiger partial charge in [0.15, 0.2) is 0 Å². The van der Waals surface area contributed by atoms with Crippen LogP contribution in [0.2, 0.25) is 0 Å². The second-order valence-corrected chi connectivity index (χ2v) is 4.78. The van der Waals surface area contributed by atoms with E-state index in [1.807, 2.05) is 6.07 Å². The maximum atomic E-state index is 5.68. The van der Waals surface area contributed by atoms with Gasteiger partial charge in [-0.3, -0.25) is 0 Å². The van der Waals surface area contributed by atoms with Gasteiger partial charge in [-0.1, -0.05) is 12.8 Å². The largest absolute Gasteiger partial charge is 0.368 e. The zero-order valence-electron chi connectivity index (χ0n) is 10.7. The van der Waals surface area contributed by atoms with Crippen molar-refractivity contribution < 1.29 is 0 Å². The Morgan fingerprint density at radius 1 is 1.32 bits per heavy atom. The fraction of sp³-hybridized carbons (Fsp3) is 0.500. The van der Waals surface area contributed by atoms with Crippen LogP contribution in [0.5, 0.6) is 0 Å². The maximum absolute atomic E-state index is 5.68. The van der Waals surface area contributed by atoms with Gasteiger partial charge in [0.25, 0.3) is 5.95 Å². The Labute approximate surface area is 111 Å². The van der Waals surface area contributed by atoms with Crippen LogP contribution in [0.15, 0.2) is 18.5 Å². The molecule has 19 heavy (non-hydrogen) atoms. The van der Waals surface area contributed by atoms with Crippen molar-refractivity contribution in [3.8, 4) is 5.95 Å². The normalized spacial score (nSPS) is 14.5. The molecule has 0 unspecified atom stereocenters. The molecule has 3 N–H and O–H groups in total. The van der Waals surface area contributed by atoms with E-state index in [0.717, 1.165) is 18.9 Å². The quantitative estimate of drug-likeness (QED) is 0.758. The number of nitrogens with one attached hydrogen (secondary N) is 1. The Bertz CT molecular complexity index is 533. The van der Waals surface area contributed by atoms with Gasteiger partial charge < -0.3 is 11.1 Å². The highest BCUT2D eigenvalue weighted by atomic mass is 15.4.